The summed E-state index contributed by atoms with van der Waals surface area (Å²) < 4.78 is 5.33. The molecule has 0 spiro atoms. The van der Waals surface area contributed by atoms with E-state index in [1.165, 1.54) is 19.3 Å². The highest BCUT2D eigenvalue weighted by Gasteiger charge is 2.15. The number of carboxylic acid groups (broad SMARTS) is 1. The molecule has 1 aliphatic rings. The van der Waals surface area contributed by atoms with Crippen LogP contribution in [0.5, 0.6) is 0 Å². The maximum atomic E-state index is 10.7. The van der Waals surface area contributed by atoms with Crippen LogP contribution in [0.25, 0.3) is 0 Å². The standard InChI is InChI=1S/C13H25NO3/c1-11(13(15)16)3-7-14(2)8-4-12-5-9-17-10-6-12/h11-12H,3-10H2,1-2H3,(H,15,16). The molecule has 0 radical (unpaired) electrons. The number of hydrogen-bond acceptors (Lipinski definition) is 3. The maximum absolute atomic E-state index is 10.7. The van der Waals surface area contributed by atoms with E-state index in [-0.39, 0.29) is 5.92 Å². The lowest BCUT2D eigenvalue weighted by atomic mass is 9.96. The number of hydrogen-bond donors (Lipinski definition) is 1. The van der Waals surface area contributed by atoms with Crippen molar-refractivity contribution in [2.75, 3.05) is 33.4 Å². The van der Waals surface area contributed by atoms with Gasteiger partial charge in [0.05, 0.1) is 5.92 Å². The van der Waals surface area contributed by atoms with Crippen molar-refractivity contribution in [1.82, 2.24) is 4.90 Å². The second-order valence-electron chi connectivity index (χ2n) is 5.18. The summed E-state index contributed by atoms with van der Waals surface area (Å²) in [6.45, 7) is 5.52. The van der Waals surface area contributed by atoms with E-state index in [1.54, 1.807) is 6.92 Å². The quantitative estimate of drug-likeness (QED) is 0.741. The third-order valence-electron chi connectivity index (χ3n) is 3.63. The van der Waals surface area contributed by atoms with Gasteiger partial charge in [-0.3, -0.25) is 4.79 Å². The van der Waals surface area contributed by atoms with Crippen LogP contribution in [-0.2, 0) is 9.53 Å². The molecule has 17 heavy (non-hydrogen) atoms. The topological polar surface area (TPSA) is 49.8 Å². The summed E-state index contributed by atoms with van der Waals surface area (Å²) in [7, 11) is 2.08. The minimum atomic E-state index is -0.692. The van der Waals surface area contributed by atoms with Crippen LogP contribution in [0.15, 0.2) is 0 Å². The molecule has 4 heteroatoms. The van der Waals surface area contributed by atoms with Crippen LogP contribution in [0.2, 0.25) is 0 Å². The van der Waals surface area contributed by atoms with Crippen molar-refractivity contribution in [1.29, 1.82) is 0 Å². The molecule has 0 aromatic carbocycles. The Morgan fingerprint density at radius 1 is 1.41 bits per heavy atom. The van der Waals surface area contributed by atoms with Crippen molar-refractivity contribution in [3.8, 4) is 0 Å². The van der Waals surface area contributed by atoms with Crippen molar-refractivity contribution in [2.24, 2.45) is 11.8 Å². The Morgan fingerprint density at radius 3 is 2.65 bits per heavy atom. The van der Waals surface area contributed by atoms with Crippen LogP contribution in [0.3, 0.4) is 0 Å². The SMILES string of the molecule is CC(CCN(C)CCC1CCOCC1)C(=O)O. The van der Waals surface area contributed by atoms with Crippen LogP contribution < -0.4 is 0 Å². The van der Waals surface area contributed by atoms with Crippen LogP contribution in [0, 0.1) is 11.8 Å². The molecule has 0 aromatic heterocycles. The van der Waals surface area contributed by atoms with Gasteiger partial charge < -0.3 is 14.7 Å². The van der Waals surface area contributed by atoms with E-state index in [1.807, 2.05) is 0 Å². The van der Waals surface area contributed by atoms with Crippen LogP contribution in [0.1, 0.15) is 32.6 Å². The molecule has 0 saturated carbocycles. The zero-order valence-electron chi connectivity index (χ0n) is 11.0. The van der Waals surface area contributed by atoms with Gasteiger partial charge in [-0.15, -0.1) is 0 Å². The van der Waals surface area contributed by atoms with E-state index in [9.17, 15) is 4.79 Å². The van der Waals surface area contributed by atoms with Crippen LogP contribution in [-0.4, -0.2) is 49.3 Å². The van der Waals surface area contributed by atoms with E-state index in [4.69, 9.17) is 9.84 Å². The number of carbonyl (C=O) groups is 1. The zero-order chi connectivity index (χ0) is 12.7. The molecule has 1 saturated heterocycles. The molecule has 0 aliphatic carbocycles. The van der Waals surface area contributed by atoms with Gasteiger partial charge in [-0.1, -0.05) is 6.92 Å². The second kappa shape index (κ2) is 7.67. The summed E-state index contributed by atoms with van der Waals surface area (Å²) in [5.74, 6) is -0.133. The second-order valence-corrected chi connectivity index (χ2v) is 5.18. The molecule has 100 valence electrons. The zero-order valence-corrected chi connectivity index (χ0v) is 11.0. The fourth-order valence-electron chi connectivity index (χ4n) is 2.09. The summed E-state index contributed by atoms with van der Waals surface area (Å²) in [4.78, 5) is 12.9. The Labute approximate surface area is 104 Å². The third-order valence-corrected chi connectivity index (χ3v) is 3.63. The molecule has 1 fully saturated rings. The summed E-state index contributed by atoms with van der Waals surface area (Å²) in [5, 5.41) is 8.80. The average molecular weight is 243 g/mol. The molecule has 0 amide bonds. The smallest absolute Gasteiger partial charge is 0.306 e. The molecule has 1 heterocycles. The largest absolute Gasteiger partial charge is 0.481 e. The number of carboxylic acids is 1. The van der Waals surface area contributed by atoms with Gasteiger partial charge in [0.1, 0.15) is 0 Å². The first-order chi connectivity index (χ1) is 8.09. The Morgan fingerprint density at radius 2 is 2.06 bits per heavy atom. The van der Waals surface area contributed by atoms with Gasteiger partial charge in [-0.25, -0.2) is 0 Å². The van der Waals surface area contributed by atoms with Gasteiger partial charge >= 0.3 is 5.97 Å². The Balaban J connectivity index is 2.07. The van der Waals surface area contributed by atoms with Crippen molar-refractivity contribution in [3.05, 3.63) is 0 Å². The number of nitrogens with zero attached hydrogens (tertiary/aromatic N) is 1. The first kappa shape index (κ1) is 14.5. The molecule has 1 unspecified atom stereocenters. The molecule has 1 atom stereocenters. The Hall–Kier alpha value is -0.610. The van der Waals surface area contributed by atoms with Crippen LogP contribution >= 0.6 is 0 Å². The van der Waals surface area contributed by atoms with E-state index in [0.717, 1.165) is 38.6 Å². The van der Waals surface area contributed by atoms with Crippen LogP contribution in [0.4, 0.5) is 0 Å². The normalized spacial score (nSPS) is 19.5. The summed E-state index contributed by atoms with van der Waals surface area (Å²) >= 11 is 0. The number of aliphatic carboxylic acids is 1. The van der Waals surface area contributed by atoms with Crippen molar-refractivity contribution < 1.29 is 14.6 Å². The Kier molecular flexibility index (Phi) is 6.52. The molecular formula is C13H25NO3. The molecule has 1 N–H and O–H groups in total. The lowest BCUT2D eigenvalue weighted by Crippen LogP contribution is -2.27. The van der Waals surface area contributed by atoms with Gasteiger partial charge in [-0.2, -0.15) is 0 Å². The van der Waals surface area contributed by atoms with E-state index in [0.29, 0.717) is 0 Å². The molecule has 0 bridgehead atoms. The predicted molar refractivity (Wildman–Crippen MR) is 67.1 cm³/mol. The van der Waals surface area contributed by atoms with Gasteiger partial charge in [-0.05, 0) is 51.7 Å². The first-order valence-electron chi connectivity index (χ1n) is 6.58. The lowest BCUT2D eigenvalue weighted by molar-refractivity contribution is -0.141. The lowest BCUT2D eigenvalue weighted by Gasteiger charge is -2.25. The van der Waals surface area contributed by atoms with Gasteiger partial charge in [0.2, 0.25) is 0 Å². The highest BCUT2D eigenvalue weighted by atomic mass is 16.5. The minimum absolute atomic E-state index is 0.236. The average Bonchev–Trinajstić information content (AvgIpc) is 2.34. The highest BCUT2D eigenvalue weighted by molar-refractivity contribution is 5.69. The maximum Gasteiger partial charge on any atom is 0.306 e. The van der Waals surface area contributed by atoms with Crippen molar-refractivity contribution >= 4 is 5.97 Å². The summed E-state index contributed by atoms with van der Waals surface area (Å²) in [6, 6.07) is 0. The molecule has 1 rings (SSSR count). The number of ether oxygens (including phenoxy) is 1. The Bertz CT molecular complexity index is 227. The van der Waals surface area contributed by atoms with Gasteiger partial charge in [0, 0.05) is 13.2 Å². The summed E-state index contributed by atoms with van der Waals surface area (Å²) in [6.07, 6.45) is 4.31. The molecule has 0 aromatic rings. The van der Waals surface area contributed by atoms with E-state index < -0.39 is 5.97 Å². The first-order valence-corrected chi connectivity index (χ1v) is 6.58. The molecular weight excluding hydrogens is 218 g/mol. The molecule has 1 aliphatic heterocycles. The predicted octanol–water partition coefficient (Wildman–Crippen LogP) is 1.85. The highest BCUT2D eigenvalue weighted by Crippen LogP contribution is 2.18. The van der Waals surface area contributed by atoms with E-state index >= 15 is 0 Å². The van der Waals surface area contributed by atoms with Crippen molar-refractivity contribution in [3.63, 3.8) is 0 Å². The van der Waals surface area contributed by atoms with Gasteiger partial charge in [0.15, 0.2) is 0 Å². The third kappa shape index (κ3) is 6.03. The molecule has 4 nitrogen and oxygen atoms in total. The number of rotatable bonds is 7. The fraction of sp³-hybridized carbons (Fsp3) is 0.923. The van der Waals surface area contributed by atoms with Gasteiger partial charge in [0.25, 0.3) is 0 Å². The summed E-state index contributed by atoms with van der Waals surface area (Å²) in [5.41, 5.74) is 0. The fourth-order valence-corrected chi connectivity index (χ4v) is 2.09. The minimum Gasteiger partial charge on any atom is -0.481 e. The monoisotopic (exact) mass is 243 g/mol. The van der Waals surface area contributed by atoms with E-state index in [2.05, 4.69) is 11.9 Å². The van der Waals surface area contributed by atoms with Crippen molar-refractivity contribution in [2.45, 2.75) is 32.6 Å².